The number of thiophene rings is 1. The molecule has 2 aromatic rings. The molecule has 0 aliphatic carbocycles. The summed E-state index contributed by atoms with van der Waals surface area (Å²) < 4.78 is 10.5. The van der Waals surface area contributed by atoms with E-state index in [2.05, 4.69) is 26.3 Å². The lowest BCUT2D eigenvalue weighted by Crippen LogP contribution is -2.45. The molecule has 0 saturated carbocycles. The van der Waals surface area contributed by atoms with E-state index in [1.54, 1.807) is 20.8 Å². The fourth-order valence-corrected chi connectivity index (χ4v) is 4.83. The molecule has 0 atom stereocenters. The minimum Gasteiger partial charge on any atom is -0.457 e. The fourth-order valence-electron chi connectivity index (χ4n) is 3.74. The van der Waals surface area contributed by atoms with Crippen LogP contribution in [0, 0.1) is 6.92 Å². The maximum absolute atomic E-state index is 12.8. The third-order valence-electron chi connectivity index (χ3n) is 5.19. The molecule has 10 heteroatoms. The SMILES string of the molecule is C=CCOC(=O)c1sc2nc(CN(CCN3CCOCC3)CC(C)(C)O)[nH]c(=O)c2c1C. The normalized spacial score (nSPS) is 15.4. The zero-order valence-electron chi connectivity index (χ0n) is 19.0. The number of aryl methyl sites for hydroxylation is 1. The largest absolute Gasteiger partial charge is 0.457 e. The Balaban J connectivity index is 1.80. The van der Waals surface area contributed by atoms with Gasteiger partial charge in [-0.1, -0.05) is 12.7 Å². The van der Waals surface area contributed by atoms with Crippen molar-refractivity contribution in [2.24, 2.45) is 0 Å². The summed E-state index contributed by atoms with van der Waals surface area (Å²) in [7, 11) is 0. The lowest BCUT2D eigenvalue weighted by Gasteiger charge is -2.32. The molecular weight excluding hydrogens is 432 g/mol. The Bertz CT molecular complexity index is 1000. The molecule has 2 N–H and O–H groups in total. The molecule has 0 radical (unpaired) electrons. The second-order valence-electron chi connectivity index (χ2n) is 8.61. The lowest BCUT2D eigenvalue weighted by atomic mass is 10.1. The van der Waals surface area contributed by atoms with Gasteiger partial charge in [-0.2, -0.15) is 0 Å². The summed E-state index contributed by atoms with van der Waals surface area (Å²) in [6, 6.07) is 0. The van der Waals surface area contributed by atoms with Crippen molar-refractivity contribution < 1.29 is 19.4 Å². The number of fused-ring (bicyclic) bond motifs is 1. The van der Waals surface area contributed by atoms with Crippen LogP contribution in [-0.2, 0) is 16.0 Å². The van der Waals surface area contributed by atoms with E-state index < -0.39 is 11.6 Å². The number of nitrogens with zero attached hydrogens (tertiary/aromatic N) is 3. The van der Waals surface area contributed by atoms with Gasteiger partial charge in [0.25, 0.3) is 5.56 Å². The number of esters is 1. The molecule has 3 heterocycles. The highest BCUT2D eigenvalue weighted by atomic mass is 32.1. The average molecular weight is 465 g/mol. The summed E-state index contributed by atoms with van der Waals surface area (Å²) in [6.07, 6.45) is 1.50. The number of nitrogens with one attached hydrogen (secondary N) is 1. The van der Waals surface area contributed by atoms with Crippen LogP contribution < -0.4 is 5.56 Å². The molecule has 32 heavy (non-hydrogen) atoms. The first kappa shape index (κ1) is 24.5. The molecule has 176 valence electrons. The molecular formula is C22H32N4O5S. The molecule has 1 saturated heterocycles. The number of ether oxygens (including phenoxy) is 2. The molecule has 2 aromatic heterocycles. The molecule has 0 aromatic carbocycles. The number of morpholine rings is 1. The second-order valence-corrected chi connectivity index (χ2v) is 9.61. The molecule has 1 aliphatic heterocycles. The zero-order chi connectivity index (χ0) is 23.3. The van der Waals surface area contributed by atoms with Crippen molar-refractivity contribution in [3.63, 3.8) is 0 Å². The number of hydrogen-bond donors (Lipinski definition) is 2. The highest BCUT2D eigenvalue weighted by molar-refractivity contribution is 7.20. The van der Waals surface area contributed by atoms with E-state index in [1.807, 2.05) is 0 Å². The summed E-state index contributed by atoms with van der Waals surface area (Å²) in [6.45, 7) is 14.5. The van der Waals surface area contributed by atoms with Crippen LogP contribution in [0.4, 0.5) is 0 Å². The van der Waals surface area contributed by atoms with Crippen LogP contribution in [0.1, 0.15) is 34.9 Å². The predicted octanol–water partition coefficient (Wildman–Crippen LogP) is 1.54. The van der Waals surface area contributed by atoms with Gasteiger partial charge in [0.2, 0.25) is 0 Å². The third kappa shape index (κ3) is 6.46. The Kier molecular flexibility index (Phi) is 8.18. The van der Waals surface area contributed by atoms with E-state index >= 15 is 0 Å². The van der Waals surface area contributed by atoms with E-state index in [0.717, 1.165) is 44.2 Å². The number of aromatic nitrogens is 2. The van der Waals surface area contributed by atoms with Gasteiger partial charge >= 0.3 is 5.97 Å². The van der Waals surface area contributed by atoms with E-state index in [9.17, 15) is 14.7 Å². The predicted molar refractivity (Wildman–Crippen MR) is 124 cm³/mol. The second kappa shape index (κ2) is 10.7. The minimum absolute atomic E-state index is 0.108. The van der Waals surface area contributed by atoms with Crippen LogP contribution in [0.5, 0.6) is 0 Å². The Hall–Kier alpha value is -2.11. The summed E-state index contributed by atoms with van der Waals surface area (Å²) >= 11 is 1.16. The van der Waals surface area contributed by atoms with Gasteiger partial charge in [0.15, 0.2) is 0 Å². The monoisotopic (exact) mass is 464 g/mol. The van der Waals surface area contributed by atoms with Crippen molar-refractivity contribution in [1.82, 2.24) is 19.8 Å². The van der Waals surface area contributed by atoms with E-state index in [0.29, 0.717) is 46.1 Å². The van der Waals surface area contributed by atoms with E-state index in [1.165, 1.54) is 6.08 Å². The number of aromatic amines is 1. The first-order valence-electron chi connectivity index (χ1n) is 10.7. The summed E-state index contributed by atoms with van der Waals surface area (Å²) in [4.78, 5) is 37.9. The highest BCUT2D eigenvalue weighted by Gasteiger charge is 2.23. The Morgan fingerprint density at radius 3 is 2.81 bits per heavy atom. The molecule has 9 nitrogen and oxygen atoms in total. The maximum Gasteiger partial charge on any atom is 0.348 e. The molecule has 1 aliphatic rings. The smallest absolute Gasteiger partial charge is 0.348 e. The van der Waals surface area contributed by atoms with Crippen LogP contribution in [0.3, 0.4) is 0 Å². The highest BCUT2D eigenvalue weighted by Crippen LogP contribution is 2.27. The Morgan fingerprint density at radius 2 is 2.16 bits per heavy atom. The van der Waals surface area contributed by atoms with Crippen molar-refractivity contribution in [1.29, 1.82) is 0 Å². The van der Waals surface area contributed by atoms with E-state index in [4.69, 9.17) is 9.47 Å². The number of hydrogen-bond acceptors (Lipinski definition) is 9. The van der Waals surface area contributed by atoms with Gasteiger partial charge in [0.05, 0.1) is 30.7 Å². The molecule has 3 rings (SSSR count). The molecule has 0 bridgehead atoms. The first-order chi connectivity index (χ1) is 15.2. The summed E-state index contributed by atoms with van der Waals surface area (Å²) in [5.41, 5.74) is -0.602. The van der Waals surface area contributed by atoms with Gasteiger partial charge in [-0.25, -0.2) is 9.78 Å². The first-order valence-corrected chi connectivity index (χ1v) is 11.5. The molecule has 0 spiro atoms. The van der Waals surface area contributed by atoms with Crippen LogP contribution in [0.2, 0.25) is 0 Å². The van der Waals surface area contributed by atoms with Crippen molar-refractivity contribution >= 4 is 27.5 Å². The quantitative estimate of drug-likeness (QED) is 0.403. The summed E-state index contributed by atoms with van der Waals surface area (Å²) in [5, 5.41) is 10.8. The maximum atomic E-state index is 12.8. The van der Waals surface area contributed by atoms with Crippen LogP contribution in [0.25, 0.3) is 10.2 Å². The number of carbonyl (C=O) groups excluding carboxylic acids is 1. The third-order valence-corrected chi connectivity index (χ3v) is 6.35. The van der Waals surface area contributed by atoms with Gasteiger partial charge in [-0.15, -0.1) is 11.3 Å². The zero-order valence-corrected chi connectivity index (χ0v) is 19.8. The lowest BCUT2D eigenvalue weighted by molar-refractivity contribution is 0.0134. The molecule has 0 unspecified atom stereocenters. The van der Waals surface area contributed by atoms with Gasteiger partial charge in [-0.3, -0.25) is 14.6 Å². The number of rotatable bonds is 10. The Labute approximate surface area is 191 Å². The van der Waals surface area contributed by atoms with Gasteiger partial charge in [0.1, 0.15) is 22.1 Å². The minimum atomic E-state index is -0.892. The standard InChI is InChI=1S/C22H32N4O5S/c1-5-10-31-21(28)18-15(2)17-19(27)23-16(24-20(17)32-18)13-26(14-22(3,4)29)7-6-25-8-11-30-12-9-25/h5,29H,1,6-14H2,2-4H3,(H,23,24,27). The van der Waals surface area contributed by atoms with Crippen molar-refractivity contribution in [2.75, 3.05) is 52.5 Å². The summed E-state index contributed by atoms with van der Waals surface area (Å²) in [5.74, 6) is 0.0153. The molecule has 0 amide bonds. The number of aliphatic hydroxyl groups is 1. The van der Waals surface area contributed by atoms with Crippen molar-refractivity contribution in [2.45, 2.75) is 32.9 Å². The fraction of sp³-hybridized carbons (Fsp3) is 0.591. The van der Waals surface area contributed by atoms with Crippen LogP contribution in [0.15, 0.2) is 17.4 Å². The number of carbonyl (C=O) groups is 1. The van der Waals surface area contributed by atoms with Gasteiger partial charge in [-0.05, 0) is 26.3 Å². The molecule has 1 fully saturated rings. The topological polar surface area (TPSA) is 108 Å². The van der Waals surface area contributed by atoms with Crippen LogP contribution >= 0.6 is 11.3 Å². The van der Waals surface area contributed by atoms with Gasteiger partial charge in [0, 0.05) is 32.7 Å². The Morgan fingerprint density at radius 1 is 1.44 bits per heavy atom. The van der Waals surface area contributed by atoms with Gasteiger partial charge < -0.3 is 19.6 Å². The van der Waals surface area contributed by atoms with Crippen molar-refractivity contribution in [3.05, 3.63) is 39.3 Å². The van der Waals surface area contributed by atoms with Crippen molar-refractivity contribution in [3.8, 4) is 0 Å². The average Bonchev–Trinajstić information content (AvgIpc) is 3.07. The van der Waals surface area contributed by atoms with Crippen LogP contribution in [-0.4, -0.2) is 89.0 Å². The number of H-pyrrole nitrogens is 1. The van der Waals surface area contributed by atoms with E-state index in [-0.39, 0.29) is 12.2 Å².